The molecule has 7 heteroatoms. The van der Waals surface area contributed by atoms with Crippen molar-refractivity contribution in [3.05, 3.63) is 64.1 Å². The van der Waals surface area contributed by atoms with Crippen molar-refractivity contribution in [2.24, 2.45) is 0 Å². The quantitative estimate of drug-likeness (QED) is 0.510. The van der Waals surface area contributed by atoms with E-state index in [9.17, 15) is 9.59 Å². The SMILES string of the molecule is Cc1ccc(C)c(NC(=O)COc2ccc(/C=C3\SC(=S)N(C(C)C)C3=O)cc2)c1. The van der Waals surface area contributed by atoms with E-state index >= 15 is 0 Å². The molecule has 5 nitrogen and oxygen atoms in total. The molecule has 1 aliphatic rings. The second-order valence-electron chi connectivity index (χ2n) is 7.37. The molecule has 156 valence electrons. The number of rotatable bonds is 6. The molecule has 0 unspecified atom stereocenters. The molecule has 0 bridgehead atoms. The van der Waals surface area contributed by atoms with Crippen LogP contribution in [0.2, 0.25) is 0 Å². The third kappa shape index (κ3) is 5.29. The Morgan fingerprint density at radius 2 is 1.90 bits per heavy atom. The van der Waals surface area contributed by atoms with Crippen LogP contribution in [-0.4, -0.2) is 33.7 Å². The van der Waals surface area contributed by atoms with Crippen molar-refractivity contribution < 1.29 is 14.3 Å². The topological polar surface area (TPSA) is 58.6 Å². The van der Waals surface area contributed by atoms with Crippen LogP contribution in [0.3, 0.4) is 0 Å². The number of amides is 2. The molecule has 1 heterocycles. The highest BCUT2D eigenvalue weighted by Crippen LogP contribution is 2.34. The molecular weight excluding hydrogens is 416 g/mol. The summed E-state index contributed by atoms with van der Waals surface area (Å²) in [6.45, 7) is 7.73. The highest BCUT2D eigenvalue weighted by Gasteiger charge is 2.33. The molecule has 3 rings (SSSR count). The van der Waals surface area contributed by atoms with E-state index in [1.807, 2.05) is 64.1 Å². The number of hydrogen-bond acceptors (Lipinski definition) is 5. The molecule has 2 amide bonds. The third-order valence-electron chi connectivity index (χ3n) is 4.55. The van der Waals surface area contributed by atoms with Gasteiger partial charge in [-0.25, -0.2) is 0 Å². The third-order valence-corrected chi connectivity index (χ3v) is 5.89. The Balaban J connectivity index is 1.58. The number of hydrogen-bond donors (Lipinski definition) is 1. The predicted octanol–water partition coefficient (Wildman–Crippen LogP) is 4.93. The molecule has 0 saturated carbocycles. The van der Waals surface area contributed by atoms with Gasteiger partial charge in [0.15, 0.2) is 6.61 Å². The Kier molecular flexibility index (Phi) is 6.95. The summed E-state index contributed by atoms with van der Waals surface area (Å²) in [5.74, 6) is 0.298. The minimum atomic E-state index is -0.217. The first kappa shape index (κ1) is 22.1. The number of ether oxygens (including phenoxy) is 1. The predicted molar refractivity (Wildman–Crippen MR) is 127 cm³/mol. The normalized spacial score (nSPS) is 15.2. The van der Waals surface area contributed by atoms with Gasteiger partial charge in [-0.1, -0.05) is 48.2 Å². The number of benzene rings is 2. The highest BCUT2D eigenvalue weighted by atomic mass is 32.2. The molecule has 2 aromatic carbocycles. The van der Waals surface area contributed by atoms with Gasteiger partial charge in [0, 0.05) is 11.7 Å². The van der Waals surface area contributed by atoms with Crippen LogP contribution in [0.1, 0.15) is 30.5 Å². The van der Waals surface area contributed by atoms with E-state index in [0.717, 1.165) is 22.4 Å². The molecule has 0 spiro atoms. The molecule has 1 saturated heterocycles. The van der Waals surface area contributed by atoms with Crippen molar-refractivity contribution in [3.8, 4) is 5.75 Å². The summed E-state index contributed by atoms with van der Waals surface area (Å²) in [6.07, 6.45) is 1.82. The fourth-order valence-corrected chi connectivity index (χ4v) is 4.47. The lowest BCUT2D eigenvalue weighted by molar-refractivity contribution is -0.123. The van der Waals surface area contributed by atoms with Crippen molar-refractivity contribution in [2.75, 3.05) is 11.9 Å². The maximum absolute atomic E-state index is 12.5. The van der Waals surface area contributed by atoms with E-state index in [-0.39, 0.29) is 24.5 Å². The monoisotopic (exact) mass is 440 g/mol. The number of carbonyl (C=O) groups is 2. The van der Waals surface area contributed by atoms with Crippen LogP contribution in [0, 0.1) is 13.8 Å². The summed E-state index contributed by atoms with van der Waals surface area (Å²) < 4.78 is 6.17. The van der Waals surface area contributed by atoms with Gasteiger partial charge in [-0.2, -0.15) is 0 Å². The lowest BCUT2D eigenvalue weighted by Gasteiger charge is -2.18. The van der Waals surface area contributed by atoms with Gasteiger partial charge >= 0.3 is 0 Å². The Morgan fingerprint density at radius 1 is 1.20 bits per heavy atom. The van der Waals surface area contributed by atoms with Crippen LogP contribution in [0.15, 0.2) is 47.4 Å². The number of nitrogens with zero attached hydrogens (tertiary/aromatic N) is 1. The zero-order valence-electron chi connectivity index (χ0n) is 17.4. The second kappa shape index (κ2) is 9.45. The standard InChI is InChI=1S/C23H24N2O3S2/c1-14(2)25-22(27)20(30-23(25)29)12-17-7-9-18(10-8-17)28-13-21(26)24-19-11-15(3)5-6-16(19)4/h5-12,14H,13H2,1-4H3,(H,24,26)/b20-12-. The van der Waals surface area contributed by atoms with Crippen molar-refractivity contribution in [1.82, 2.24) is 4.90 Å². The number of nitrogens with one attached hydrogen (secondary N) is 1. The van der Waals surface area contributed by atoms with Crippen molar-refractivity contribution >= 4 is 51.9 Å². The molecule has 0 aliphatic carbocycles. The Bertz CT molecular complexity index is 1010. The highest BCUT2D eigenvalue weighted by molar-refractivity contribution is 8.26. The number of thioether (sulfide) groups is 1. The zero-order chi connectivity index (χ0) is 21.8. The van der Waals surface area contributed by atoms with Crippen LogP contribution < -0.4 is 10.1 Å². The molecule has 0 aromatic heterocycles. The average Bonchev–Trinajstić information content (AvgIpc) is 2.97. The Morgan fingerprint density at radius 3 is 2.53 bits per heavy atom. The van der Waals surface area contributed by atoms with Gasteiger partial charge in [-0.15, -0.1) is 0 Å². The lowest BCUT2D eigenvalue weighted by atomic mass is 10.1. The zero-order valence-corrected chi connectivity index (χ0v) is 19.0. The van der Waals surface area contributed by atoms with Crippen LogP contribution in [0.25, 0.3) is 6.08 Å². The second-order valence-corrected chi connectivity index (χ2v) is 9.05. The van der Waals surface area contributed by atoms with Crippen molar-refractivity contribution in [1.29, 1.82) is 0 Å². The number of thiocarbonyl (C=S) groups is 1. The molecule has 0 atom stereocenters. The number of aryl methyl sites for hydroxylation is 2. The van der Waals surface area contributed by atoms with Gasteiger partial charge in [-0.3, -0.25) is 14.5 Å². The van der Waals surface area contributed by atoms with Crippen LogP contribution in [-0.2, 0) is 9.59 Å². The van der Waals surface area contributed by atoms with E-state index < -0.39 is 0 Å². The summed E-state index contributed by atoms with van der Waals surface area (Å²) in [5.41, 5.74) is 3.74. The molecule has 1 fully saturated rings. The average molecular weight is 441 g/mol. The molecule has 30 heavy (non-hydrogen) atoms. The number of anilines is 1. The van der Waals surface area contributed by atoms with Gasteiger partial charge in [0.25, 0.3) is 11.8 Å². The van der Waals surface area contributed by atoms with Crippen molar-refractivity contribution in [3.63, 3.8) is 0 Å². The minimum Gasteiger partial charge on any atom is -0.484 e. The van der Waals surface area contributed by atoms with E-state index in [2.05, 4.69) is 5.32 Å². The van der Waals surface area contributed by atoms with Gasteiger partial charge < -0.3 is 10.1 Å². The van der Waals surface area contributed by atoms with E-state index in [4.69, 9.17) is 17.0 Å². The van der Waals surface area contributed by atoms with Gasteiger partial charge in [-0.05, 0) is 68.7 Å². The first-order valence-corrected chi connectivity index (χ1v) is 10.8. The largest absolute Gasteiger partial charge is 0.484 e. The van der Waals surface area contributed by atoms with Crippen LogP contribution in [0.4, 0.5) is 5.69 Å². The van der Waals surface area contributed by atoms with E-state index in [0.29, 0.717) is 15.0 Å². The number of carbonyl (C=O) groups excluding carboxylic acids is 2. The molecular formula is C23H24N2O3S2. The minimum absolute atomic E-state index is 0.0360. The van der Waals surface area contributed by atoms with E-state index in [1.165, 1.54) is 11.8 Å². The summed E-state index contributed by atoms with van der Waals surface area (Å²) in [4.78, 5) is 26.9. The molecule has 0 radical (unpaired) electrons. The summed E-state index contributed by atoms with van der Waals surface area (Å²) in [5, 5.41) is 2.87. The van der Waals surface area contributed by atoms with Crippen LogP contribution >= 0.6 is 24.0 Å². The molecule has 1 aliphatic heterocycles. The summed E-state index contributed by atoms with van der Waals surface area (Å²) in [6, 6.07) is 13.2. The fourth-order valence-electron chi connectivity index (χ4n) is 2.94. The smallest absolute Gasteiger partial charge is 0.266 e. The first-order valence-electron chi connectivity index (χ1n) is 9.61. The summed E-state index contributed by atoms with van der Waals surface area (Å²) in [7, 11) is 0. The summed E-state index contributed by atoms with van der Waals surface area (Å²) >= 11 is 6.61. The Hall–Kier alpha value is -2.64. The Labute approximate surface area is 186 Å². The first-order chi connectivity index (χ1) is 14.2. The molecule has 1 N–H and O–H groups in total. The maximum atomic E-state index is 12.5. The van der Waals surface area contributed by atoms with Gasteiger partial charge in [0.2, 0.25) is 0 Å². The van der Waals surface area contributed by atoms with Crippen molar-refractivity contribution in [2.45, 2.75) is 33.7 Å². The van der Waals surface area contributed by atoms with Gasteiger partial charge in [0.1, 0.15) is 10.1 Å². The molecule has 2 aromatic rings. The maximum Gasteiger partial charge on any atom is 0.266 e. The lowest BCUT2D eigenvalue weighted by Crippen LogP contribution is -2.34. The van der Waals surface area contributed by atoms with E-state index in [1.54, 1.807) is 17.0 Å². The van der Waals surface area contributed by atoms with Crippen LogP contribution in [0.5, 0.6) is 5.75 Å². The fraction of sp³-hybridized carbons (Fsp3) is 0.261. The van der Waals surface area contributed by atoms with Gasteiger partial charge in [0.05, 0.1) is 4.91 Å².